The fourth-order valence-electron chi connectivity index (χ4n) is 3.12. The Morgan fingerprint density at radius 1 is 1.06 bits per heavy atom. The lowest BCUT2D eigenvalue weighted by Crippen LogP contribution is -2.46. The summed E-state index contributed by atoms with van der Waals surface area (Å²) in [6, 6.07) is 12.6. The van der Waals surface area contributed by atoms with Crippen molar-refractivity contribution in [1.82, 2.24) is 5.32 Å². The topological polar surface area (TPSA) is 115 Å². The van der Waals surface area contributed by atoms with Crippen LogP contribution in [0.1, 0.15) is 13.8 Å². The monoisotopic (exact) mass is 425 g/mol. The van der Waals surface area contributed by atoms with Crippen molar-refractivity contribution in [2.75, 3.05) is 13.7 Å². The molecule has 0 fully saturated rings. The van der Waals surface area contributed by atoms with Crippen molar-refractivity contribution in [3.63, 3.8) is 0 Å². The number of carboxylic acid groups (broad SMARTS) is 1. The van der Waals surface area contributed by atoms with Gasteiger partial charge in [-0.25, -0.2) is 9.59 Å². The van der Waals surface area contributed by atoms with Gasteiger partial charge >= 0.3 is 11.6 Å². The van der Waals surface area contributed by atoms with Gasteiger partial charge in [0.25, 0.3) is 5.91 Å². The number of benzene rings is 2. The van der Waals surface area contributed by atoms with Crippen LogP contribution in [0.2, 0.25) is 0 Å². The number of fused-ring (bicyclic) bond motifs is 1. The van der Waals surface area contributed by atoms with Crippen molar-refractivity contribution in [3.05, 3.63) is 59.0 Å². The summed E-state index contributed by atoms with van der Waals surface area (Å²) >= 11 is 0. The number of rotatable bonds is 8. The molecule has 1 aromatic heterocycles. The van der Waals surface area contributed by atoms with Gasteiger partial charge in [0.2, 0.25) is 0 Å². The lowest BCUT2D eigenvalue weighted by Gasteiger charge is -2.18. The van der Waals surface area contributed by atoms with Crippen LogP contribution in [0.15, 0.2) is 57.7 Å². The Bertz CT molecular complexity index is 1150. The second-order valence-corrected chi connectivity index (χ2v) is 7.28. The number of ether oxygens (including phenoxy) is 2. The third kappa shape index (κ3) is 5.22. The zero-order valence-electron chi connectivity index (χ0n) is 17.4. The van der Waals surface area contributed by atoms with E-state index in [-0.39, 0.29) is 12.5 Å². The third-order valence-corrected chi connectivity index (χ3v) is 4.74. The van der Waals surface area contributed by atoms with E-state index in [1.807, 2.05) is 12.1 Å². The first-order valence-electron chi connectivity index (χ1n) is 9.66. The Morgan fingerprint density at radius 3 is 2.35 bits per heavy atom. The molecule has 0 spiro atoms. The maximum absolute atomic E-state index is 12.1. The van der Waals surface area contributed by atoms with Crippen LogP contribution in [-0.2, 0) is 9.59 Å². The highest BCUT2D eigenvalue weighted by molar-refractivity contribution is 5.94. The number of carbonyl (C=O) groups is 2. The van der Waals surface area contributed by atoms with E-state index in [9.17, 15) is 14.4 Å². The maximum Gasteiger partial charge on any atom is 0.336 e. The first kappa shape index (κ1) is 21.9. The van der Waals surface area contributed by atoms with Crippen molar-refractivity contribution >= 4 is 22.8 Å². The van der Waals surface area contributed by atoms with Crippen LogP contribution in [0.4, 0.5) is 0 Å². The Balaban J connectivity index is 1.81. The predicted molar refractivity (Wildman–Crippen MR) is 114 cm³/mol. The summed E-state index contributed by atoms with van der Waals surface area (Å²) in [6.45, 7) is 3.03. The van der Waals surface area contributed by atoms with Crippen molar-refractivity contribution in [3.8, 4) is 22.6 Å². The van der Waals surface area contributed by atoms with Gasteiger partial charge in [-0.3, -0.25) is 4.79 Å². The molecule has 0 aliphatic heterocycles. The van der Waals surface area contributed by atoms with Gasteiger partial charge < -0.3 is 24.3 Å². The molecule has 31 heavy (non-hydrogen) atoms. The molecule has 1 unspecified atom stereocenters. The molecular weight excluding hydrogens is 402 g/mol. The van der Waals surface area contributed by atoms with Gasteiger partial charge in [0, 0.05) is 17.5 Å². The number of nitrogens with one attached hydrogen (secondary N) is 1. The lowest BCUT2D eigenvalue weighted by molar-refractivity contribution is -0.143. The van der Waals surface area contributed by atoms with Crippen LogP contribution in [0, 0.1) is 5.92 Å². The van der Waals surface area contributed by atoms with E-state index in [2.05, 4.69) is 5.32 Å². The van der Waals surface area contributed by atoms with E-state index in [1.54, 1.807) is 45.2 Å². The summed E-state index contributed by atoms with van der Waals surface area (Å²) < 4.78 is 15.9. The van der Waals surface area contributed by atoms with E-state index in [4.69, 9.17) is 19.0 Å². The summed E-state index contributed by atoms with van der Waals surface area (Å²) in [4.78, 5) is 35.3. The molecule has 0 bridgehead atoms. The van der Waals surface area contributed by atoms with Gasteiger partial charge in [-0.2, -0.15) is 0 Å². The standard InChI is InChI=1S/C23H23NO7/c1-13(2)22(23(27)28)24-20(25)12-30-16-8-9-17-18(11-21(26)31-19(17)10-16)14-4-6-15(29-3)7-5-14/h4-11,13,22H,12H2,1-3H3,(H,24,25)(H,27,28). The van der Waals surface area contributed by atoms with Crippen molar-refractivity contribution in [1.29, 1.82) is 0 Å². The summed E-state index contributed by atoms with van der Waals surface area (Å²) in [5.74, 6) is -0.925. The molecule has 2 N–H and O–H groups in total. The molecule has 8 heteroatoms. The molecule has 3 rings (SSSR count). The summed E-state index contributed by atoms with van der Waals surface area (Å²) in [5.41, 5.74) is 1.30. The molecule has 0 saturated heterocycles. The SMILES string of the molecule is COc1ccc(-c2cc(=O)oc3cc(OCC(=O)NC(C(=O)O)C(C)C)ccc23)cc1. The smallest absolute Gasteiger partial charge is 0.336 e. The molecule has 0 radical (unpaired) electrons. The van der Waals surface area contributed by atoms with Crippen molar-refractivity contribution < 1.29 is 28.6 Å². The Morgan fingerprint density at radius 2 is 1.74 bits per heavy atom. The van der Waals surface area contributed by atoms with Crippen LogP contribution in [0.5, 0.6) is 11.5 Å². The molecular formula is C23H23NO7. The largest absolute Gasteiger partial charge is 0.497 e. The fourth-order valence-corrected chi connectivity index (χ4v) is 3.12. The van der Waals surface area contributed by atoms with Gasteiger partial charge in [0.1, 0.15) is 23.1 Å². The fraction of sp³-hybridized carbons (Fsp3) is 0.261. The van der Waals surface area contributed by atoms with Gasteiger partial charge in [0.15, 0.2) is 6.61 Å². The Hall–Kier alpha value is -3.81. The minimum absolute atomic E-state index is 0.271. The molecule has 1 amide bonds. The normalized spacial score (nSPS) is 11.9. The number of carbonyl (C=O) groups excluding carboxylic acids is 1. The highest BCUT2D eigenvalue weighted by Gasteiger charge is 2.23. The molecule has 162 valence electrons. The van der Waals surface area contributed by atoms with Crippen LogP contribution < -0.4 is 20.4 Å². The predicted octanol–water partition coefficient (Wildman–Crippen LogP) is 3.07. The molecule has 8 nitrogen and oxygen atoms in total. The van der Waals surface area contributed by atoms with Crippen LogP contribution in [0.3, 0.4) is 0 Å². The maximum atomic E-state index is 12.1. The number of carboxylic acids is 1. The first-order chi connectivity index (χ1) is 14.8. The van der Waals surface area contributed by atoms with E-state index in [0.29, 0.717) is 28.0 Å². The molecule has 0 aliphatic rings. The first-order valence-corrected chi connectivity index (χ1v) is 9.66. The van der Waals surface area contributed by atoms with Crippen LogP contribution in [-0.4, -0.2) is 36.7 Å². The summed E-state index contributed by atoms with van der Waals surface area (Å²) in [6.07, 6.45) is 0. The van der Waals surface area contributed by atoms with E-state index in [1.165, 1.54) is 12.1 Å². The molecule has 0 saturated carbocycles. The number of amides is 1. The second-order valence-electron chi connectivity index (χ2n) is 7.28. The minimum atomic E-state index is -1.11. The van der Waals surface area contributed by atoms with Gasteiger partial charge in [0.05, 0.1) is 7.11 Å². The third-order valence-electron chi connectivity index (χ3n) is 4.74. The van der Waals surface area contributed by atoms with E-state index in [0.717, 1.165) is 5.56 Å². The Kier molecular flexibility index (Phi) is 6.59. The van der Waals surface area contributed by atoms with E-state index >= 15 is 0 Å². The number of aliphatic carboxylic acids is 1. The number of hydrogen-bond acceptors (Lipinski definition) is 6. The molecule has 2 aromatic carbocycles. The average Bonchev–Trinajstić information content (AvgIpc) is 2.74. The average molecular weight is 425 g/mol. The minimum Gasteiger partial charge on any atom is -0.497 e. The zero-order valence-corrected chi connectivity index (χ0v) is 17.4. The zero-order chi connectivity index (χ0) is 22.5. The molecule has 0 aliphatic carbocycles. The van der Waals surface area contributed by atoms with Gasteiger partial charge in [-0.1, -0.05) is 26.0 Å². The molecule has 3 aromatic rings. The van der Waals surface area contributed by atoms with Gasteiger partial charge in [-0.15, -0.1) is 0 Å². The molecule has 1 atom stereocenters. The number of hydrogen-bond donors (Lipinski definition) is 2. The van der Waals surface area contributed by atoms with Crippen LogP contribution >= 0.6 is 0 Å². The van der Waals surface area contributed by atoms with Crippen molar-refractivity contribution in [2.45, 2.75) is 19.9 Å². The quantitative estimate of drug-likeness (QED) is 0.533. The number of methoxy groups -OCH3 is 1. The second kappa shape index (κ2) is 9.34. The summed E-state index contributed by atoms with van der Waals surface area (Å²) in [5, 5.41) is 12.3. The highest BCUT2D eigenvalue weighted by atomic mass is 16.5. The molecule has 1 heterocycles. The lowest BCUT2D eigenvalue weighted by atomic mass is 10.0. The summed E-state index contributed by atoms with van der Waals surface area (Å²) in [7, 11) is 1.58. The van der Waals surface area contributed by atoms with E-state index < -0.39 is 23.5 Å². The Labute approximate surface area is 178 Å². The highest BCUT2D eigenvalue weighted by Crippen LogP contribution is 2.30. The van der Waals surface area contributed by atoms with Gasteiger partial charge in [-0.05, 0) is 41.3 Å². The van der Waals surface area contributed by atoms with Crippen LogP contribution in [0.25, 0.3) is 22.1 Å². The van der Waals surface area contributed by atoms with Crippen molar-refractivity contribution in [2.24, 2.45) is 5.92 Å².